The van der Waals surface area contributed by atoms with Gasteiger partial charge < -0.3 is 19.7 Å². The van der Waals surface area contributed by atoms with E-state index in [-0.39, 0.29) is 29.1 Å². The molecule has 3 rings (SSSR count). The summed E-state index contributed by atoms with van der Waals surface area (Å²) in [7, 11) is 2.86. The molecular weight excluding hydrogens is 413 g/mol. The van der Waals surface area contributed by atoms with Crippen molar-refractivity contribution in [2.24, 2.45) is 0 Å². The van der Waals surface area contributed by atoms with Crippen molar-refractivity contribution < 1.29 is 32.2 Å². The monoisotopic (exact) mass is 436 g/mol. The van der Waals surface area contributed by atoms with Crippen molar-refractivity contribution in [3.63, 3.8) is 0 Å². The van der Waals surface area contributed by atoms with Crippen molar-refractivity contribution >= 4 is 17.5 Å². The molecule has 6 nitrogen and oxygen atoms in total. The molecule has 0 spiro atoms. The summed E-state index contributed by atoms with van der Waals surface area (Å²) in [4.78, 5) is 27.3. The zero-order valence-corrected chi connectivity index (χ0v) is 17.2. The maximum atomic E-state index is 13.0. The van der Waals surface area contributed by atoms with Gasteiger partial charge in [0.1, 0.15) is 0 Å². The van der Waals surface area contributed by atoms with Crippen molar-refractivity contribution in [1.29, 1.82) is 0 Å². The van der Waals surface area contributed by atoms with Crippen LogP contribution in [0.4, 0.5) is 18.9 Å². The lowest BCUT2D eigenvalue weighted by Gasteiger charge is -2.20. The van der Waals surface area contributed by atoms with E-state index >= 15 is 0 Å². The molecule has 0 aliphatic carbocycles. The summed E-state index contributed by atoms with van der Waals surface area (Å²) in [5, 5.41) is 2.64. The molecule has 166 valence electrons. The van der Waals surface area contributed by atoms with E-state index in [1.165, 1.54) is 38.5 Å². The number of hydrogen-bond donors (Lipinski definition) is 1. The van der Waals surface area contributed by atoms with E-state index in [0.717, 1.165) is 25.0 Å². The van der Waals surface area contributed by atoms with E-state index in [2.05, 4.69) is 5.32 Å². The van der Waals surface area contributed by atoms with Crippen LogP contribution < -0.4 is 14.8 Å². The fraction of sp³-hybridized carbons (Fsp3) is 0.364. The van der Waals surface area contributed by atoms with Gasteiger partial charge in [-0.15, -0.1) is 0 Å². The van der Waals surface area contributed by atoms with Gasteiger partial charge in [0.25, 0.3) is 5.91 Å². The van der Waals surface area contributed by atoms with E-state index in [9.17, 15) is 22.8 Å². The molecule has 0 unspecified atom stereocenters. The van der Waals surface area contributed by atoms with Gasteiger partial charge in [-0.3, -0.25) is 9.59 Å². The summed E-state index contributed by atoms with van der Waals surface area (Å²) in [6, 6.07) is 7.56. The molecule has 2 aromatic carbocycles. The number of hydrogen-bond acceptors (Lipinski definition) is 4. The first-order chi connectivity index (χ1) is 14.7. The van der Waals surface area contributed by atoms with Crippen LogP contribution in [0.1, 0.15) is 34.3 Å². The Morgan fingerprint density at radius 3 is 2.29 bits per heavy atom. The molecule has 1 N–H and O–H groups in total. The summed E-state index contributed by atoms with van der Waals surface area (Å²) >= 11 is 0. The molecule has 31 heavy (non-hydrogen) atoms. The number of carbonyl (C=O) groups excluding carboxylic acids is 2. The molecule has 0 bridgehead atoms. The largest absolute Gasteiger partial charge is 0.493 e. The highest BCUT2D eigenvalue weighted by Gasteiger charge is 2.30. The molecule has 2 amide bonds. The first-order valence-electron chi connectivity index (χ1n) is 9.74. The molecule has 1 aliphatic rings. The summed E-state index contributed by atoms with van der Waals surface area (Å²) in [6.45, 7) is 1.23. The van der Waals surface area contributed by atoms with E-state index in [1.807, 2.05) is 0 Å². The summed E-state index contributed by atoms with van der Waals surface area (Å²) in [6.07, 6.45) is -2.98. The number of anilines is 1. The number of benzene rings is 2. The molecule has 2 aromatic rings. The van der Waals surface area contributed by atoms with Crippen LogP contribution in [0.25, 0.3) is 0 Å². The molecular formula is C22H23F3N2O4. The zero-order chi connectivity index (χ0) is 22.6. The lowest BCUT2D eigenvalue weighted by molar-refractivity contribution is -0.137. The maximum absolute atomic E-state index is 13.0. The number of likely N-dealkylation sites (tertiary alicyclic amines) is 1. The van der Waals surface area contributed by atoms with Gasteiger partial charge in [-0.25, -0.2) is 0 Å². The van der Waals surface area contributed by atoms with Crippen LogP contribution in [0.15, 0.2) is 36.4 Å². The predicted molar refractivity (Wildman–Crippen MR) is 108 cm³/mol. The molecule has 1 saturated heterocycles. The quantitative estimate of drug-likeness (QED) is 0.739. The first-order valence-corrected chi connectivity index (χ1v) is 9.74. The number of carbonyl (C=O) groups is 2. The number of halogens is 3. The third-order valence-corrected chi connectivity index (χ3v) is 5.04. The molecule has 1 fully saturated rings. The van der Waals surface area contributed by atoms with Gasteiger partial charge in [0.05, 0.1) is 37.5 Å². The fourth-order valence-corrected chi connectivity index (χ4v) is 3.49. The topological polar surface area (TPSA) is 67.9 Å². The summed E-state index contributed by atoms with van der Waals surface area (Å²) < 4.78 is 49.3. The average Bonchev–Trinajstić information content (AvgIpc) is 3.27. The molecule has 9 heteroatoms. The molecule has 1 aliphatic heterocycles. The third-order valence-electron chi connectivity index (χ3n) is 5.04. The van der Waals surface area contributed by atoms with Crippen LogP contribution in [0, 0.1) is 0 Å². The Morgan fingerprint density at radius 2 is 1.68 bits per heavy atom. The number of ether oxygens (including phenoxy) is 2. The maximum Gasteiger partial charge on any atom is 0.416 e. The fourth-order valence-electron chi connectivity index (χ4n) is 3.49. The Labute approximate surface area is 177 Å². The first kappa shape index (κ1) is 22.5. The lowest BCUT2D eigenvalue weighted by atomic mass is 10.1. The van der Waals surface area contributed by atoms with Crippen molar-refractivity contribution in [3.8, 4) is 11.5 Å². The van der Waals surface area contributed by atoms with Crippen LogP contribution in [0.2, 0.25) is 0 Å². The Morgan fingerprint density at radius 1 is 1.03 bits per heavy atom. The minimum absolute atomic E-state index is 0.209. The van der Waals surface area contributed by atoms with Gasteiger partial charge >= 0.3 is 6.18 Å². The van der Waals surface area contributed by atoms with Crippen molar-refractivity contribution in [1.82, 2.24) is 4.90 Å². The van der Waals surface area contributed by atoms with Gasteiger partial charge in [0, 0.05) is 19.2 Å². The third kappa shape index (κ3) is 5.28. The van der Waals surface area contributed by atoms with Gasteiger partial charge in [-0.1, -0.05) is 18.2 Å². The van der Waals surface area contributed by atoms with Crippen LogP contribution in [-0.2, 0) is 17.4 Å². The second kappa shape index (κ2) is 9.28. The zero-order valence-electron chi connectivity index (χ0n) is 17.2. The molecule has 0 saturated carbocycles. The second-order valence-electron chi connectivity index (χ2n) is 7.18. The van der Waals surface area contributed by atoms with E-state index in [1.54, 1.807) is 4.90 Å². The smallest absolute Gasteiger partial charge is 0.416 e. The second-order valence-corrected chi connectivity index (χ2v) is 7.18. The standard InChI is InChI=1S/C22H23F3N2O4/c1-30-18-12-16(21(29)27-8-3-4-9-27)17(13-19(18)31-2)26-20(28)11-14-6-5-7-15(10-14)22(23,24)25/h5-7,10,12-13H,3-4,8-9,11H2,1-2H3,(H,26,28). The van der Waals surface area contributed by atoms with Crippen LogP contribution in [0.3, 0.4) is 0 Å². The molecule has 0 atom stereocenters. The van der Waals surface area contributed by atoms with Gasteiger partial charge in [0.15, 0.2) is 11.5 Å². The Bertz CT molecular complexity index is 970. The Kier molecular flexibility index (Phi) is 6.72. The van der Waals surface area contributed by atoms with Crippen molar-refractivity contribution in [3.05, 3.63) is 53.1 Å². The minimum Gasteiger partial charge on any atom is -0.493 e. The number of amides is 2. The Hall–Kier alpha value is -3.23. The van der Waals surface area contributed by atoms with Gasteiger partial charge in [-0.2, -0.15) is 13.2 Å². The van der Waals surface area contributed by atoms with E-state index in [0.29, 0.717) is 24.6 Å². The predicted octanol–water partition coefficient (Wildman–Crippen LogP) is 4.14. The van der Waals surface area contributed by atoms with Gasteiger partial charge in [-0.05, 0) is 30.5 Å². The molecule has 1 heterocycles. The number of nitrogens with zero attached hydrogens (tertiary/aromatic N) is 1. The normalized spacial score (nSPS) is 13.8. The van der Waals surface area contributed by atoms with E-state index in [4.69, 9.17) is 9.47 Å². The number of nitrogens with one attached hydrogen (secondary N) is 1. The molecule has 0 radical (unpaired) electrons. The highest BCUT2D eigenvalue weighted by molar-refractivity contribution is 6.05. The van der Waals surface area contributed by atoms with Crippen LogP contribution >= 0.6 is 0 Å². The van der Waals surface area contributed by atoms with Crippen LogP contribution in [0.5, 0.6) is 11.5 Å². The lowest BCUT2D eigenvalue weighted by Crippen LogP contribution is -2.29. The number of rotatable bonds is 6. The average molecular weight is 436 g/mol. The SMILES string of the molecule is COc1cc(NC(=O)Cc2cccc(C(F)(F)F)c2)c(C(=O)N2CCCC2)cc1OC. The Balaban J connectivity index is 1.87. The van der Waals surface area contributed by atoms with Crippen molar-refractivity contribution in [2.45, 2.75) is 25.4 Å². The molecule has 0 aromatic heterocycles. The minimum atomic E-state index is -4.49. The van der Waals surface area contributed by atoms with E-state index < -0.39 is 17.6 Å². The summed E-state index contributed by atoms with van der Waals surface area (Å²) in [5.41, 5.74) is -0.169. The highest BCUT2D eigenvalue weighted by atomic mass is 19.4. The summed E-state index contributed by atoms with van der Waals surface area (Å²) in [5.74, 6) is -0.161. The van der Waals surface area contributed by atoms with Crippen LogP contribution in [-0.4, -0.2) is 44.0 Å². The number of alkyl halides is 3. The number of methoxy groups -OCH3 is 2. The van der Waals surface area contributed by atoms with Crippen molar-refractivity contribution in [2.75, 3.05) is 32.6 Å². The van der Waals surface area contributed by atoms with Gasteiger partial charge in [0.2, 0.25) is 5.91 Å². The highest BCUT2D eigenvalue weighted by Crippen LogP contribution is 2.35.